The number of hydrazine groups is 1. The van der Waals surface area contributed by atoms with E-state index < -0.39 is 11.7 Å². The van der Waals surface area contributed by atoms with Crippen LogP contribution in [0.2, 0.25) is 0 Å². The summed E-state index contributed by atoms with van der Waals surface area (Å²) in [5, 5.41) is 0. The van der Waals surface area contributed by atoms with Crippen molar-refractivity contribution in [2.24, 2.45) is 0 Å². The fourth-order valence-corrected chi connectivity index (χ4v) is 2.32. The largest absolute Gasteiger partial charge is 0.393 e. The van der Waals surface area contributed by atoms with Gasteiger partial charge in [0.15, 0.2) is 11.6 Å². The Morgan fingerprint density at radius 1 is 1.08 bits per heavy atom. The number of carbonyl (C=O) groups is 1. The molecular weight excluding hydrogens is 335 g/mol. The zero-order chi connectivity index (χ0) is 18.5. The van der Waals surface area contributed by atoms with Gasteiger partial charge in [-0.3, -0.25) is 15.6 Å². The first-order valence-corrected chi connectivity index (χ1v) is 7.77. The summed E-state index contributed by atoms with van der Waals surface area (Å²) in [7, 11) is 1.83. The summed E-state index contributed by atoms with van der Waals surface area (Å²) < 4.78 is 12.9. The van der Waals surface area contributed by atoms with Crippen molar-refractivity contribution in [2.75, 3.05) is 23.1 Å². The number of para-hydroxylation sites is 1. The summed E-state index contributed by atoms with van der Waals surface area (Å²) in [4.78, 5) is 22.2. The molecule has 0 radical (unpaired) electrons. The first kappa shape index (κ1) is 17.2. The van der Waals surface area contributed by atoms with Crippen LogP contribution in [-0.2, 0) is 0 Å². The normalized spacial score (nSPS) is 10.2. The van der Waals surface area contributed by atoms with Gasteiger partial charge in [0.25, 0.3) is 5.91 Å². The van der Waals surface area contributed by atoms with Crippen LogP contribution in [0, 0.1) is 5.82 Å². The number of aromatic nitrogens is 2. The SMILES string of the molecule is CN(c1ccccc1)c1ncnc(NNC(=O)c2ccc(F)cc2)c1N. The van der Waals surface area contributed by atoms with Gasteiger partial charge in [-0.2, -0.15) is 0 Å². The number of nitrogens with one attached hydrogen (secondary N) is 2. The number of nitrogens with zero attached hydrogens (tertiary/aromatic N) is 3. The third kappa shape index (κ3) is 3.69. The summed E-state index contributed by atoms with van der Waals surface area (Å²) in [5.41, 5.74) is 12.8. The zero-order valence-electron chi connectivity index (χ0n) is 14.0. The van der Waals surface area contributed by atoms with Crippen molar-refractivity contribution >= 4 is 28.9 Å². The van der Waals surface area contributed by atoms with E-state index in [0.29, 0.717) is 11.4 Å². The number of benzene rings is 2. The van der Waals surface area contributed by atoms with Crippen LogP contribution in [0.1, 0.15) is 10.4 Å². The van der Waals surface area contributed by atoms with Crippen molar-refractivity contribution in [3.05, 3.63) is 72.3 Å². The average molecular weight is 352 g/mol. The van der Waals surface area contributed by atoms with E-state index in [4.69, 9.17) is 5.73 Å². The monoisotopic (exact) mass is 352 g/mol. The molecule has 3 aromatic rings. The second-order valence-corrected chi connectivity index (χ2v) is 5.44. The van der Waals surface area contributed by atoms with E-state index in [9.17, 15) is 9.18 Å². The molecule has 8 heteroatoms. The fourth-order valence-electron chi connectivity index (χ4n) is 2.32. The van der Waals surface area contributed by atoms with Crippen LogP contribution in [0.4, 0.5) is 27.4 Å². The maximum Gasteiger partial charge on any atom is 0.269 e. The van der Waals surface area contributed by atoms with E-state index in [1.165, 1.54) is 30.6 Å². The van der Waals surface area contributed by atoms with Gasteiger partial charge in [0, 0.05) is 18.3 Å². The standard InChI is InChI=1S/C18H17FN6O/c1-25(14-5-3-2-4-6-14)17-15(20)16(21-11-22-17)23-24-18(26)12-7-9-13(19)10-8-12/h2-11H,20H2,1H3,(H,24,26)(H,21,22,23). The Labute approximate surface area is 149 Å². The minimum atomic E-state index is -0.444. The first-order chi connectivity index (χ1) is 12.6. The molecule has 0 atom stereocenters. The van der Waals surface area contributed by atoms with Crippen molar-refractivity contribution in [1.82, 2.24) is 15.4 Å². The highest BCUT2D eigenvalue weighted by Gasteiger charge is 2.14. The number of nitrogen functional groups attached to an aromatic ring is 1. The summed E-state index contributed by atoms with van der Waals surface area (Å²) in [5.74, 6) is -0.109. The number of hydrogen-bond donors (Lipinski definition) is 3. The molecule has 0 fully saturated rings. The minimum absolute atomic E-state index is 0.258. The molecule has 0 spiro atoms. The molecule has 0 saturated heterocycles. The van der Waals surface area contributed by atoms with Gasteiger partial charge in [-0.1, -0.05) is 18.2 Å². The molecule has 1 aromatic heterocycles. The minimum Gasteiger partial charge on any atom is -0.393 e. The van der Waals surface area contributed by atoms with E-state index in [1.807, 2.05) is 42.3 Å². The molecule has 0 aliphatic rings. The van der Waals surface area contributed by atoms with Gasteiger partial charge in [-0.25, -0.2) is 14.4 Å². The Hall–Kier alpha value is -3.68. The number of halogens is 1. The molecule has 0 saturated carbocycles. The Morgan fingerprint density at radius 3 is 2.46 bits per heavy atom. The molecule has 0 unspecified atom stereocenters. The van der Waals surface area contributed by atoms with Crippen LogP contribution in [0.5, 0.6) is 0 Å². The van der Waals surface area contributed by atoms with Crippen LogP contribution >= 0.6 is 0 Å². The van der Waals surface area contributed by atoms with Gasteiger partial charge in [-0.05, 0) is 36.4 Å². The van der Waals surface area contributed by atoms with Gasteiger partial charge >= 0.3 is 0 Å². The molecule has 2 aromatic carbocycles. The lowest BCUT2D eigenvalue weighted by molar-refractivity contribution is 0.0962. The lowest BCUT2D eigenvalue weighted by Gasteiger charge is -2.21. The maximum absolute atomic E-state index is 12.9. The second-order valence-electron chi connectivity index (χ2n) is 5.44. The number of carbonyl (C=O) groups excluding carboxylic acids is 1. The summed E-state index contributed by atoms with van der Waals surface area (Å²) in [6, 6.07) is 14.8. The van der Waals surface area contributed by atoms with E-state index in [2.05, 4.69) is 20.8 Å². The molecule has 4 N–H and O–H groups in total. The van der Waals surface area contributed by atoms with Crippen LogP contribution in [-0.4, -0.2) is 22.9 Å². The topological polar surface area (TPSA) is 96.2 Å². The third-order valence-electron chi connectivity index (χ3n) is 3.72. The van der Waals surface area contributed by atoms with E-state index >= 15 is 0 Å². The third-order valence-corrected chi connectivity index (χ3v) is 3.72. The van der Waals surface area contributed by atoms with E-state index in [-0.39, 0.29) is 11.5 Å². The van der Waals surface area contributed by atoms with Crippen LogP contribution in [0.3, 0.4) is 0 Å². The highest BCUT2D eigenvalue weighted by Crippen LogP contribution is 2.29. The number of hydrogen-bond acceptors (Lipinski definition) is 6. The summed E-state index contributed by atoms with van der Waals surface area (Å²) in [6.45, 7) is 0. The number of amides is 1. The second kappa shape index (κ2) is 7.47. The molecule has 0 bridgehead atoms. The molecule has 1 amide bonds. The number of anilines is 4. The van der Waals surface area contributed by atoms with Crippen LogP contribution in [0.15, 0.2) is 60.9 Å². The van der Waals surface area contributed by atoms with Crippen molar-refractivity contribution in [1.29, 1.82) is 0 Å². The predicted molar refractivity (Wildman–Crippen MR) is 98.4 cm³/mol. The molecule has 7 nitrogen and oxygen atoms in total. The Bertz CT molecular complexity index is 901. The molecular formula is C18H17FN6O. The molecule has 3 rings (SSSR count). The Morgan fingerprint density at radius 2 is 1.77 bits per heavy atom. The maximum atomic E-state index is 12.9. The summed E-state index contributed by atoms with van der Waals surface area (Å²) in [6.07, 6.45) is 1.34. The van der Waals surface area contributed by atoms with Crippen molar-refractivity contribution < 1.29 is 9.18 Å². The zero-order valence-corrected chi connectivity index (χ0v) is 14.0. The molecule has 0 aliphatic heterocycles. The predicted octanol–water partition coefficient (Wildman–Crippen LogP) is 2.72. The highest BCUT2D eigenvalue weighted by atomic mass is 19.1. The molecule has 1 heterocycles. The number of rotatable bonds is 5. The van der Waals surface area contributed by atoms with Gasteiger partial charge in [0.2, 0.25) is 0 Å². The highest BCUT2D eigenvalue weighted by molar-refractivity contribution is 5.95. The number of nitrogens with two attached hydrogens (primary N) is 1. The first-order valence-electron chi connectivity index (χ1n) is 7.77. The fraction of sp³-hybridized carbons (Fsp3) is 0.0556. The Kier molecular flexibility index (Phi) is 4.93. The van der Waals surface area contributed by atoms with Crippen LogP contribution in [0.25, 0.3) is 0 Å². The summed E-state index contributed by atoms with van der Waals surface area (Å²) >= 11 is 0. The van der Waals surface area contributed by atoms with E-state index in [0.717, 1.165) is 5.69 Å². The van der Waals surface area contributed by atoms with Gasteiger partial charge < -0.3 is 10.6 Å². The van der Waals surface area contributed by atoms with Gasteiger partial charge in [-0.15, -0.1) is 0 Å². The Balaban J connectivity index is 1.75. The lowest BCUT2D eigenvalue weighted by atomic mass is 10.2. The average Bonchev–Trinajstić information content (AvgIpc) is 2.67. The smallest absolute Gasteiger partial charge is 0.269 e. The van der Waals surface area contributed by atoms with E-state index in [1.54, 1.807) is 0 Å². The lowest BCUT2D eigenvalue weighted by Crippen LogP contribution is -2.30. The van der Waals surface area contributed by atoms with Crippen molar-refractivity contribution in [3.8, 4) is 0 Å². The quantitative estimate of drug-likeness (QED) is 0.611. The van der Waals surface area contributed by atoms with Gasteiger partial charge in [0.05, 0.1) is 0 Å². The molecule has 26 heavy (non-hydrogen) atoms. The van der Waals surface area contributed by atoms with Crippen LogP contribution < -0.4 is 21.5 Å². The molecule has 132 valence electrons. The molecule has 0 aliphatic carbocycles. The van der Waals surface area contributed by atoms with Gasteiger partial charge in [0.1, 0.15) is 17.8 Å². The van der Waals surface area contributed by atoms with Crippen molar-refractivity contribution in [2.45, 2.75) is 0 Å². The van der Waals surface area contributed by atoms with Crippen molar-refractivity contribution in [3.63, 3.8) is 0 Å².